The Kier molecular flexibility index (Phi) is 3.33. The lowest BCUT2D eigenvalue weighted by atomic mass is 10.2. The number of pyridine rings is 1. The molecule has 0 atom stereocenters. The van der Waals surface area contributed by atoms with Crippen molar-refractivity contribution in [3.05, 3.63) is 33.9 Å². The summed E-state index contributed by atoms with van der Waals surface area (Å²) in [6.45, 7) is 0. The highest BCUT2D eigenvalue weighted by Gasteiger charge is 2.10. The fourth-order valence-electron chi connectivity index (χ4n) is 1.27. The summed E-state index contributed by atoms with van der Waals surface area (Å²) in [5.41, 5.74) is -0.242. The molecule has 0 saturated carbocycles. The number of carbonyl (C=O) groups is 1. The van der Waals surface area contributed by atoms with Crippen LogP contribution in [-0.2, 0) is 0 Å². The zero-order valence-electron chi connectivity index (χ0n) is 7.71. The summed E-state index contributed by atoms with van der Waals surface area (Å²) >= 11 is 14.5. The maximum Gasteiger partial charge on any atom is 0.409 e. The van der Waals surface area contributed by atoms with E-state index in [1.807, 2.05) is 12.1 Å². The van der Waals surface area contributed by atoms with Crippen LogP contribution in [0, 0.1) is 0 Å². The van der Waals surface area contributed by atoms with Crippen molar-refractivity contribution in [3.8, 4) is 5.75 Å². The third-order valence-corrected chi connectivity index (χ3v) is 2.88. The number of benzene rings is 1. The zero-order valence-corrected chi connectivity index (χ0v) is 10.8. The molecule has 0 spiro atoms. The Labute approximate surface area is 109 Å². The number of hydrogen-bond donors (Lipinski definition) is 0. The maximum atomic E-state index is 10.6. The maximum absolute atomic E-state index is 10.6. The summed E-state index contributed by atoms with van der Waals surface area (Å²) in [4.78, 5) is 14.7. The molecule has 0 fully saturated rings. The fourth-order valence-corrected chi connectivity index (χ4v) is 1.95. The van der Waals surface area contributed by atoms with E-state index in [2.05, 4.69) is 20.9 Å². The first-order valence-corrected chi connectivity index (χ1v) is 5.74. The molecule has 0 aliphatic carbocycles. The number of fused-ring (bicyclic) bond motifs is 1. The Hall–Kier alpha value is -0.840. The van der Waals surface area contributed by atoms with Gasteiger partial charge in [-0.1, -0.05) is 33.6 Å². The van der Waals surface area contributed by atoms with Crippen molar-refractivity contribution in [3.63, 3.8) is 0 Å². The quantitative estimate of drug-likeness (QED) is 0.731. The highest BCUT2D eigenvalue weighted by atomic mass is 79.9. The third-order valence-electron chi connectivity index (χ3n) is 1.92. The average Bonchev–Trinajstić information content (AvgIpc) is 2.22. The summed E-state index contributed by atoms with van der Waals surface area (Å²) in [5, 5.41) is 1.01. The minimum absolute atomic E-state index is 0.150. The first kappa shape index (κ1) is 11.6. The SMILES string of the molecule is O=C(Cl)Oc1cnc2cc(Br)ccc2c1Cl. The second kappa shape index (κ2) is 4.57. The van der Waals surface area contributed by atoms with Gasteiger partial charge in [0.1, 0.15) is 0 Å². The van der Waals surface area contributed by atoms with Gasteiger partial charge < -0.3 is 4.74 Å². The van der Waals surface area contributed by atoms with E-state index in [1.165, 1.54) is 6.20 Å². The summed E-state index contributed by atoms with van der Waals surface area (Å²) < 4.78 is 5.60. The van der Waals surface area contributed by atoms with Crippen molar-refractivity contribution < 1.29 is 9.53 Å². The molecule has 0 aliphatic rings. The van der Waals surface area contributed by atoms with Crippen molar-refractivity contribution in [2.75, 3.05) is 0 Å². The number of carbonyl (C=O) groups excluding carboxylic acids is 1. The van der Waals surface area contributed by atoms with E-state index in [0.717, 1.165) is 4.47 Å². The summed E-state index contributed by atoms with van der Waals surface area (Å²) in [5.74, 6) is 0.150. The molecule has 82 valence electrons. The van der Waals surface area contributed by atoms with Crippen molar-refractivity contribution in [2.45, 2.75) is 0 Å². The Morgan fingerprint density at radius 3 is 2.88 bits per heavy atom. The topological polar surface area (TPSA) is 39.2 Å². The van der Waals surface area contributed by atoms with Crippen molar-refractivity contribution >= 4 is 55.5 Å². The Bertz CT molecular complexity index is 574. The minimum atomic E-state index is -0.944. The molecule has 0 radical (unpaired) electrons. The fraction of sp³-hybridized carbons (Fsp3) is 0. The molecule has 0 N–H and O–H groups in total. The number of ether oxygens (including phenoxy) is 1. The largest absolute Gasteiger partial charge is 0.411 e. The van der Waals surface area contributed by atoms with Crippen LogP contribution in [0.1, 0.15) is 0 Å². The predicted molar refractivity (Wildman–Crippen MR) is 66.3 cm³/mol. The first-order valence-electron chi connectivity index (χ1n) is 4.19. The normalized spacial score (nSPS) is 10.4. The Morgan fingerprint density at radius 2 is 2.19 bits per heavy atom. The molecule has 1 heterocycles. The van der Waals surface area contributed by atoms with E-state index in [0.29, 0.717) is 15.9 Å². The van der Waals surface area contributed by atoms with Gasteiger partial charge in [-0.05, 0) is 12.1 Å². The number of nitrogens with zero attached hydrogens (tertiary/aromatic N) is 1. The van der Waals surface area contributed by atoms with Crippen LogP contribution in [0.5, 0.6) is 5.75 Å². The first-order chi connectivity index (χ1) is 7.58. The van der Waals surface area contributed by atoms with Gasteiger partial charge in [0, 0.05) is 21.5 Å². The highest BCUT2D eigenvalue weighted by molar-refractivity contribution is 9.10. The number of halogens is 3. The van der Waals surface area contributed by atoms with Crippen molar-refractivity contribution in [2.24, 2.45) is 0 Å². The molecule has 1 aromatic carbocycles. The smallest absolute Gasteiger partial charge is 0.409 e. The van der Waals surface area contributed by atoms with Gasteiger partial charge in [0.25, 0.3) is 0 Å². The molecule has 2 rings (SSSR count). The van der Waals surface area contributed by atoms with E-state index >= 15 is 0 Å². The number of hydrogen-bond acceptors (Lipinski definition) is 3. The van der Waals surface area contributed by atoms with E-state index in [4.69, 9.17) is 27.9 Å². The lowest BCUT2D eigenvalue weighted by Gasteiger charge is -2.05. The Balaban J connectivity index is 2.60. The van der Waals surface area contributed by atoms with E-state index < -0.39 is 5.43 Å². The van der Waals surface area contributed by atoms with Crippen LogP contribution in [0.3, 0.4) is 0 Å². The molecular formula is C10H4BrCl2NO2. The molecule has 1 aromatic heterocycles. The minimum Gasteiger partial charge on any atom is -0.411 e. The predicted octanol–water partition coefficient (Wildman–Crippen LogP) is 4.39. The number of rotatable bonds is 1. The molecule has 0 aliphatic heterocycles. The van der Waals surface area contributed by atoms with E-state index in [9.17, 15) is 4.79 Å². The van der Waals surface area contributed by atoms with Crippen LogP contribution < -0.4 is 4.74 Å². The molecule has 2 aromatic rings. The summed E-state index contributed by atoms with van der Waals surface area (Å²) in [6, 6.07) is 5.41. The lowest BCUT2D eigenvalue weighted by molar-refractivity contribution is 0.225. The summed E-state index contributed by atoms with van der Waals surface area (Å²) in [7, 11) is 0. The molecule has 16 heavy (non-hydrogen) atoms. The van der Waals surface area contributed by atoms with Gasteiger partial charge in [0.05, 0.1) is 16.7 Å². The third kappa shape index (κ3) is 2.29. The van der Waals surface area contributed by atoms with Crippen LogP contribution in [0.4, 0.5) is 4.79 Å². The molecule has 0 saturated heterocycles. The van der Waals surface area contributed by atoms with Crippen LogP contribution >= 0.6 is 39.1 Å². The molecule has 0 amide bonds. The molecule has 3 nitrogen and oxygen atoms in total. The number of aromatic nitrogens is 1. The van der Waals surface area contributed by atoms with Gasteiger partial charge in [0.15, 0.2) is 5.75 Å². The molecule has 6 heteroatoms. The summed E-state index contributed by atoms with van der Waals surface area (Å²) in [6.07, 6.45) is 1.36. The van der Waals surface area contributed by atoms with Gasteiger partial charge in [-0.25, -0.2) is 4.79 Å². The molecule has 0 unspecified atom stereocenters. The van der Waals surface area contributed by atoms with Crippen LogP contribution in [0.15, 0.2) is 28.9 Å². The standard InChI is InChI=1S/C10H4BrCl2NO2/c11-5-1-2-6-7(3-5)14-4-8(9(6)12)16-10(13)15/h1-4H. The van der Waals surface area contributed by atoms with Gasteiger partial charge in [-0.2, -0.15) is 0 Å². The van der Waals surface area contributed by atoms with Crippen LogP contribution in [-0.4, -0.2) is 10.4 Å². The van der Waals surface area contributed by atoms with Gasteiger partial charge in [0.2, 0.25) is 0 Å². The van der Waals surface area contributed by atoms with Gasteiger partial charge in [-0.3, -0.25) is 4.98 Å². The second-order valence-corrected chi connectivity index (χ2v) is 4.54. The van der Waals surface area contributed by atoms with E-state index in [-0.39, 0.29) is 5.75 Å². The monoisotopic (exact) mass is 319 g/mol. The highest BCUT2D eigenvalue weighted by Crippen LogP contribution is 2.32. The van der Waals surface area contributed by atoms with E-state index in [1.54, 1.807) is 6.07 Å². The van der Waals surface area contributed by atoms with Crippen LogP contribution in [0.2, 0.25) is 5.02 Å². The zero-order chi connectivity index (χ0) is 11.7. The lowest BCUT2D eigenvalue weighted by Crippen LogP contribution is -1.97. The van der Waals surface area contributed by atoms with Crippen molar-refractivity contribution in [1.29, 1.82) is 0 Å². The average molecular weight is 321 g/mol. The molecular weight excluding hydrogens is 317 g/mol. The van der Waals surface area contributed by atoms with Gasteiger partial charge in [-0.15, -0.1) is 0 Å². The van der Waals surface area contributed by atoms with Gasteiger partial charge >= 0.3 is 5.43 Å². The second-order valence-electron chi connectivity index (χ2n) is 2.94. The Morgan fingerprint density at radius 1 is 1.44 bits per heavy atom. The van der Waals surface area contributed by atoms with Crippen molar-refractivity contribution in [1.82, 2.24) is 4.98 Å². The van der Waals surface area contributed by atoms with Crippen LogP contribution in [0.25, 0.3) is 10.9 Å². The molecule has 0 bridgehead atoms.